The van der Waals surface area contributed by atoms with Crippen LogP contribution in [0.4, 0.5) is 4.39 Å². The zero-order chi connectivity index (χ0) is 13.0. The van der Waals surface area contributed by atoms with Crippen LogP contribution in [-0.2, 0) is 6.67 Å². The van der Waals surface area contributed by atoms with Crippen molar-refractivity contribution in [3.63, 3.8) is 0 Å². The zero-order valence-electron chi connectivity index (χ0n) is 11.3. The van der Waals surface area contributed by atoms with Gasteiger partial charge in [-0.3, -0.25) is 4.79 Å². The smallest absolute Gasteiger partial charge is 0.166 e. The molecule has 1 aliphatic heterocycles. The van der Waals surface area contributed by atoms with Crippen LogP contribution in [0.1, 0.15) is 35.7 Å². The van der Waals surface area contributed by atoms with Crippen molar-refractivity contribution in [2.24, 2.45) is 5.92 Å². The quantitative estimate of drug-likeness (QED) is 0.772. The van der Waals surface area contributed by atoms with E-state index >= 15 is 0 Å². The predicted octanol–water partition coefficient (Wildman–Crippen LogP) is 3.49. The van der Waals surface area contributed by atoms with E-state index in [1.165, 1.54) is 12.8 Å². The molecule has 0 saturated carbocycles. The summed E-state index contributed by atoms with van der Waals surface area (Å²) in [5.74, 6) is 0.173. The van der Waals surface area contributed by atoms with Gasteiger partial charge in [0.2, 0.25) is 0 Å². The summed E-state index contributed by atoms with van der Waals surface area (Å²) in [6.45, 7) is 4.56. The summed E-state index contributed by atoms with van der Waals surface area (Å²) in [7, 11) is 0. The maximum atomic E-state index is 12.4. The van der Waals surface area contributed by atoms with Gasteiger partial charge in [-0.25, -0.2) is 4.39 Å². The van der Waals surface area contributed by atoms with Gasteiger partial charge in [0.05, 0.1) is 0 Å². The van der Waals surface area contributed by atoms with Gasteiger partial charge in [0.15, 0.2) is 5.78 Å². The molecule has 2 nitrogen and oxygen atoms in total. The topological polar surface area (TPSA) is 20.3 Å². The van der Waals surface area contributed by atoms with Crippen LogP contribution in [0.15, 0.2) is 24.3 Å². The van der Waals surface area contributed by atoms with Gasteiger partial charge in [0, 0.05) is 18.0 Å². The highest BCUT2D eigenvalue weighted by molar-refractivity contribution is 5.97. The lowest BCUT2D eigenvalue weighted by Crippen LogP contribution is -2.29. The number of halogens is 2. The highest BCUT2D eigenvalue weighted by atomic mass is 35.5. The van der Waals surface area contributed by atoms with Gasteiger partial charge >= 0.3 is 0 Å². The number of hydrogen-bond acceptors (Lipinski definition) is 2. The molecule has 1 aromatic rings. The molecule has 1 aliphatic rings. The molecule has 1 atom stereocenters. The first-order valence-corrected chi connectivity index (χ1v) is 6.62. The Morgan fingerprint density at radius 2 is 1.84 bits per heavy atom. The van der Waals surface area contributed by atoms with Crippen molar-refractivity contribution in [2.45, 2.75) is 26.4 Å². The van der Waals surface area contributed by atoms with E-state index in [4.69, 9.17) is 0 Å². The number of ketones is 1. The molecule has 4 heteroatoms. The minimum atomic E-state index is -0.474. The third-order valence-electron chi connectivity index (χ3n) is 3.57. The van der Waals surface area contributed by atoms with Crippen LogP contribution in [0.5, 0.6) is 0 Å². The lowest BCUT2D eigenvalue weighted by atomic mass is 9.98. The number of alkyl halides is 1. The molecule has 0 aliphatic carbocycles. The molecule has 1 fully saturated rings. The van der Waals surface area contributed by atoms with Gasteiger partial charge in [-0.2, -0.15) is 0 Å². The van der Waals surface area contributed by atoms with Gasteiger partial charge in [-0.05, 0) is 31.5 Å². The van der Waals surface area contributed by atoms with Crippen LogP contribution in [0.2, 0.25) is 0 Å². The Labute approximate surface area is 120 Å². The van der Waals surface area contributed by atoms with E-state index in [2.05, 4.69) is 4.90 Å². The molecule has 1 unspecified atom stereocenters. The molecule has 1 heterocycles. The lowest BCUT2D eigenvalue weighted by molar-refractivity contribution is 0.0903. The Hall–Kier alpha value is -0.930. The molecule has 0 aromatic heterocycles. The molecule has 0 bridgehead atoms. The number of benzene rings is 1. The first-order chi connectivity index (χ1) is 8.70. The van der Waals surface area contributed by atoms with E-state index in [-0.39, 0.29) is 24.1 Å². The third kappa shape index (κ3) is 4.29. The summed E-state index contributed by atoms with van der Waals surface area (Å²) in [5.41, 5.74) is 1.32. The molecule has 0 spiro atoms. The largest absolute Gasteiger partial charge is 0.303 e. The second-order valence-corrected chi connectivity index (χ2v) is 5.10. The summed E-state index contributed by atoms with van der Waals surface area (Å²) in [5, 5.41) is 0. The minimum Gasteiger partial charge on any atom is -0.303 e. The minimum absolute atomic E-state index is 0. The third-order valence-corrected chi connectivity index (χ3v) is 3.57. The normalized spacial score (nSPS) is 16.9. The van der Waals surface area contributed by atoms with Crippen molar-refractivity contribution in [2.75, 3.05) is 19.6 Å². The Morgan fingerprint density at radius 1 is 1.26 bits per heavy atom. The summed E-state index contributed by atoms with van der Waals surface area (Å²) in [6.07, 6.45) is 2.48. The number of hydrogen-bond donors (Lipinski definition) is 0. The standard InChI is InChI=1S/C15H20FNO.ClH/c1-12(11-17-8-2-3-9-17)15(18)14-6-4-13(10-16)5-7-14;/h4-7,12H,2-3,8-11H2,1H3;1H. The number of nitrogens with zero attached hydrogens (tertiary/aromatic N) is 1. The fourth-order valence-electron chi connectivity index (χ4n) is 2.48. The van der Waals surface area contributed by atoms with Crippen LogP contribution >= 0.6 is 12.4 Å². The van der Waals surface area contributed by atoms with Crippen molar-refractivity contribution < 1.29 is 9.18 Å². The van der Waals surface area contributed by atoms with E-state index in [9.17, 15) is 9.18 Å². The van der Waals surface area contributed by atoms with Gasteiger partial charge in [-0.1, -0.05) is 31.2 Å². The van der Waals surface area contributed by atoms with Gasteiger partial charge in [0.1, 0.15) is 6.67 Å². The summed E-state index contributed by atoms with van der Waals surface area (Å²) in [6, 6.07) is 6.85. The van der Waals surface area contributed by atoms with E-state index < -0.39 is 6.67 Å². The van der Waals surface area contributed by atoms with Crippen LogP contribution in [-0.4, -0.2) is 30.3 Å². The Balaban J connectivity index is 0.00000180. The molecule has 2 rings (SSSR count). The molecule has 0 N–H and O–H groups in total. The molecule has 0 amide bonds. The Bertz CT molecular complexity index is 401. The zero-order valence-corrected chi connectivity index (χ0v) is 12.1. The first kappa shape index (κ1) is 16.1. The SMILES string of the molecule is CC(CN1CCCC1)C(=O)c1ccc(CF)cc1.Cl. The van der Waals surface area contributed by atoms with Gasteiger partial charge < -0.3 is 4.90 Å². The average Bonchev–Trinajstić information content (AvgIpc) is 2.91. The predicted molar refractivity (Wildman–Crippen MR) is 77.7 cm³/mol. The van der Waals surface area contributed by atoms with Crippen LogP contribution in [0, 0.1) is 5.92 Å². The van der Waals surface area contributed by atoms with Gasteiger partial charge in [0.25, 0.3) is 0 Å². The first-order valence-electron chi connectivity index (χ1n) is 6.62. The monoisotopic (exact) mass is 285 g/mol. The van der Waals surface area contributed by atoms with Crippen molar-refractivity contribution >= 4 is 18.2 Å². The molecule has 19 heavy (non-hydrogen) atoms. The van der Waals surface area contributed by atoms with Crippen molar-refractivity contribution in [3.8, 4) is 0 Å². The Morgan fingerprint density at radius 3 is 2.37 bits per heavy atom. The van der Waals surface area contributed by atoms with Crippen molar-refractivity contribution in [3.05, 3.63) is 35.4 Å². The van der Waals surface area contributed by atoms with Gasteiger partial charge in [-0.15, -0.1) is 12.4 Å². The fourth-order valence-corrected chi connectivity index (χ4v) is 2.48. The fraction of sp³-hybridized carbons (Fsp3) is 0.533. The number of carbonyl (C=O) groups excluding carboxylic acids is 1. The average molecular weight is 286 g/mol. The van der Waals surface area contributed by atoms with Crippen molar-refractivity contribution in [1.82, 2.24) is 4.90 Å². The van der Waals surface area contributed by atoms with Crippen LogP contribution in [0.25, 0.3) is 0 Å². The molecular formula is C15H21ClFNO. The molecule has 0 radical (unpaired) electrons. The number of carbonyl (C=O) groups is 1. The maximum absolute atomic E-state index is 12.4. The van der Waals surface area contributed by atoms with E-state index in [0.29, 0.717) is 11.1 Å². The molecule has 106 valence electrons. The summed E-state index contributed by atoms with van der Waals surface area (Å²) < 4.78 is 12.4. The molecular weight excluding hydrogens is 265 g/mol. The second kappa shape index (κ2) is 7.61. The highest BCUT2D eigenvalue weighted by Crippen LogP contribution is 2.15. The number of rotatable bonds is 5. The number of Topliss-reactive ketones (excluding diaryl/α,β-unsaturated/α-hetero) is 1. The van der Waals surface area contributed by atoms with E-state index in [0.717, 1.165) is 19.6 Å². The highest BCUT2D eigenvalue weighted by Gasteiger charge is 2.20. The van der Waals surface area contributed by atoms with E-state index in [1.54, 1.807) is 24.3 Å². The maximum Gasteiger partial charge on any atom is 0.166 e. The Kier molecular flexibility index (Phi) is 6.46. The number of likely N-dealkylation sites (tertiary alicyclic amines) is 1. The van der Waals surface area contributed by atoms with E-state index in [1.807, 2.05) is 6.92 Å². The molecule has 1 saturated heterocycles. The summed E-state index contributed by atoms with van der Waals surface area (Å²) in [4.78, 5) is 14.6. The van der Waals surface area contributed by atoms with Crippen molar-refractivity contribution in [1.29, 1.82) is 0 Å². The lowest BCUT2D eigenvalue weighted by Gasteiger charge is -2.19. The molecule has 1 aromatic carbocycles. The van der Waals surface area contributed by atoms with Crippen LogP contribution in [0.3, 0.4) is 0 Å². The second-order valence-electron chi connectivity index (χ2n) is 5.10. The summed E-state index contributed by atoms with van der Waals surface area (Å²) >= 11 is 0. The van der Waals surface area contributed by atoms with Crippen LogP contribution < -0.4 is 0 Å².